The van der Waals surface area contributed by atoms with E-state index in [2.05, 4.69) is 5.32 Å². The molecule has 0 aromatic carbocycles. The van der Waals surface area contributed by atoms with E-state index in [9.17, 15) is 9.59 Å². The van der Waals surface area contributed by atoms with Gasteiger partial charge in [-0.05, 0) is 23.6 Å². The first kappa shape index (κ1) is 10.6. The number of carbonyl (C=O) groups is 1. The van der Waals surface area contributed by atoms with Crippen LogP contribution in [0.3, 0.4) is 0 Å². The molecule has 0 aliphatic carbocycles. The Bertz CT molecular complexity index is 557. The second-order valence-electron chi connectivity index (χ2n) is 3.16. The van der Waals surface area contributed by atoms with Gasteiger partial charge in [-0.3, -0.25) is 4.79 Å². The summed E-state index contributed by atoms with van der Waals surface area (Å²) in [7, 11) is 0. The van der Waals surface area contributed by atoms with Crippen molar-refractivity contribution in [2.45, 2.75) is 6.92 Å². The lowest BCUT2D eigenvalue weighted by Crippen LogP contribution is -2.14. The maximum atomic E-state index is 11.5. The fourth-order valence-electron chi connectivity index (χ4n) is 1.25. The summed E-state index contributed by atoms with van der Waals surface area (Å²) in [5.74, 6) is 0.213. The molecule has 5 heteroatoms. The largest absolute Gasteiger partial charge is 0.420 e. The minimum atomic E-state index is -0.541. The van der Waals surface area contributed by atoms with Gasteiger partial charge in [-0.15, -0.1) is 11.3 Å². The highest BCUT2D eigenvalue weighted by molar-refractivity contribution is 7.13. The summed E-state index contributed by atoms with van der Waals surface area (Å²) in [4.78, 5) is 23.2. The van der Waals surface area contributed by atoms with E-state index in [1.165, 1.54) is 18.3 Å². The summed E-state index contributed by atoms with van der Waals surface area (Å²) in [6.07, 6.45) is 0. The zero-order valence-electron chi connectivity index (χ0n) is 8.52. The van der Waals surface area contributed by atoms with E-state index in [-0.39, 0.29) is 11.6 Å². The van der Waals surface area contributed by atoms with Gasteiger partial charge in [-0.2, -0.15) is 0 Å². The number of rotatable bonds is 2. The molecule has 82 valence electrons. The van der Waals surface area contributed by atoms with E-state index in [1.54, 1.807) is 12.1 Å². The van der Waals surface area contributed by atoms with E-state index < -0.39 is 5.63 Å². The highest BCUT2D eigenvalue weighted by atomic mass is 32.1. The Kier molecular flexibility index (Phi) is 2.87. The van der Waals surface area contributed by atoms with Crippen molar-refractivity contribution in [2.75, 3.05) is 5.32 Å². The fraction of sp³-hybridized carbons (Fsp3) is 0.0909. The summed E-state index contributed by atoms with van der Waals surface area (Å²) in [6.45, 7) is 1.34. The molecule has 4 nitrogen and oxygen atoms in total. The lowest BCUT2D eigenvalue weighted by Gasteiger charge is -2.00. The molecule has 0 bridgehead atoms. The molecule has 1 N–H and O–H groups in total. The molecule has 2 rings (SSSR count). The lowest BCUT2D eigenvalue weighted by atomic mass is 10.3. The minimum absolute atomic E-state index is 0.160. The molecule has 0 aliphatic heterocycles. The maximum absolute atomic E-state index is 11.5. The van der Waals surface area contributed by atoms with Gasteiger partial charge in [0.1, 0.15) is 11.4 Å². The van der Waals surface area contributed by atoms with Crippen molar-refractivity contribution < 1.29 is 9.21 Å². The minimum Gasteiger partial charge on any atom is -0.420 e. The van der Waals surface area contributed by atoms with Gasteiger partial charge < -0.3 is 9.73 Å². The maximum Gasteiger partial charge on any atom is 0.360 e. The number of nitrogens with one attached hydrogen (secondary N) is 1. The quantitative estimate of drug-likeness (QED) is 0.869. The lowest BCUT2D eigenvalue weighted by molar-refractivity contribution is -0.114. The smallest absolute Gasteiger partial charge is 0.360 e. The second kappa shape index (κ2) is 4.32. The van der Waals surface area contributed by atoms with Crippen LogP contribution in [-0.2, 0) is 4.79 Å². The first-order valence-corrected chi connectivity index (χ1v) is 5.50. The molecule has 2 aromatic heterocycles. The van der Waals surface area contributed by atoms with Gasteiger partial charge in [0.2, 0.25) is 5.91 Å². The van der Waals surface area contributed by atoms with Crippen LogP contribution in [0.5, 0.6) is 0 Å². The van der Waals surface area contributed by atoms with Gasteiger partial charge in [-0.1, -0.05) is 6.07 Å². The number of amides is 1. The van der Waals surface area contributed by atoms with Crippen LogP contribution in [0.1, 0.15) is 6.92 Å². The Morgan fingerprint density at radius 2 is 2.19 bits per heavy atom. The topological polar surface area (TPSA) is 59.3 Å². The van der Waals surface area contributed by atoms with Gasteiger partial charge in [-0.25, -0.2) is 4.79 Å². The molecule has 16 heavy (non-hydrogen) atoms. The van der Waals surface area contributed by atoms with Gasteiger partial charge in [0.25, 0.3) is 0 Å². The van der Waals surface area contributed by atoms with Gasteiger partial charge in [0, 0.05) is 6.92 Å². The third-order valence-electron chi connectivity index (χ3n) is 1.90. The van der Waals surface area contributed by atoms with Crippen molar-refractivity contribution in [1.29, 1.82) is 0 Å². The molecule has 1 amide bonds. The van der Waals surface area contributed by atoms with Gasteiger partial charge in [0.05, 0.1) is 4.88 Å². The standard InChI is InChI=1S/C11H9NO3S/c1-7(13)12-8-4-5-9(15-11(8)14)10-3-2-6-16-10/h2-6H,1H3,(H,12,13). The highest BCUT2D eigenvalue weighted by Gasteiger charge is 2.07. The molecule has 0 fully saturated rings. The van der Waals surface area contributed by atoms with Crippen LogP contribution in [0, 0.1) is 0 Å². The van der Waals surface area contributed by atoms with Crippen molar-refractivity contribution in [3.8, 4) is 10.6 Å². The summed E-state index contributed by atoms with van der Waals surface area (Å²) in [5.41, 5.74) is -0.381. The molecular weight excluding hydrogens is 226 g/mol. The van der Waals surface area contributed by atoms with E-state index in [4.69, 9.17) is 4.42 Å². The van der Waals surface area contributed by atoms with Crippen LogP contribution < -0.4 is 10.9 Å². The monoisotopic (exact) mass is 235 g/mol. The van der Waals surface area contributed by atoms with Crippen LogP contribution in [0.15, 0.2) is 38.9 Å². The third kappa shape index (κ3) is 2.20. The molecule has 2 aromatic rings. The van der Waals surface area contributed by atoms with E-state index >= 15 is 0 Å². The zero-order valence-corrected chi connectivity index (χ0v) is 9.34. The van der Waals surface area contributed by atoms with Crippen molar-refractivity contribution in [1.82, 2.24) is 0 Å². The average molecular weight is 235 g/mol. The third-order valence-corrected chi connectivity index (χ3v) is 2.78. The summed E-state index contributed by atoms with van der Waals surface area (Å²) < 4.78 is 5.09. The first-order chi connectivity index (χ1) is 7.66. The fourth-order valence-corrected chi connectivity index (χ4v) is 1.94. The molecule has 0 saturated carbocycles. The highest BCUT2D eigenvalue weighted by Crippen LogP contribution is 2.23. The average Bonchev–Trinajstić information content (AvgIpc) is 2.73. The second-order valence-corrected chi connectivity index (χ2v) is 4.11. The van der Waals surface area contributed by atoms with Gasteiger partial charge >= 0.3 is 5.63 Å². The zero-order chi connectivity index (χ0) is 11.5. The molecule has 0 saturated heterocycles. The molecule has 0 unspecified atom stereocenters. The molecule has 0 radical (unpaired) electrons. The van der Waals surface area contributed by atoms with Crippen LogP contribution in [0.25, 0.3) is 10.6 Å². The number of hydrogen-bond acceptors (Lipinski definition) is 4. The van der Waals surface area contributed by atoms with Crippen LogP contribution >= 0.6 is 11.3 Å². The van der Waals surface area contributed by atoms with Crippen molar-refractivity contribution in [3.63, 3.8) is 0 Å². The normalized spacial score (nSPS) is 10.1. The Labute approximate surface area is 95.5 Å². The Morgan fingerprint density at radius 3 is 2.75 bits per heavy atom. The first-order valence-electron chi connectivity index (χ1n) is 4.62. The molecular formula is C11H9NO3S. The number of hydrogen-bond donors (Lipinski definition) is 1. The van der Waals surface area contributed by atoms with E-state index in [1.807, 2.05) is 17.5 Å². The Morgan fingerprint density at radius 1 is 1.38 bits per heavy atom. The molecule has 0 atom stereocenters. The van der Waals surface area contributed by atoms with Crippen molar-refractivity contribution in [3.05, 3.63) is 40.1 Å². The van der Waals surface area contributed by atoms with E-state index in [0.717, 1.165) is 4.88 Å². The Hall–Kier alpha value is -1.88. The number of anilines is 1. The van der Waals surface area contributed by atoms with E-state index in [0.29, 0.717) is 5.76 Å². The summed E-state index contributed by atoms with van der Waals surface area (Å²) in [6, 6.07) is 6.95. The number of thiophene rings is 1. The molecule has 0 spiro atoms. The van der Waals surface area contributed by atoms with Crippen LogP contribution in [-0.4, -0.2) is 5.91 Å². The summed E-state index contributed by atoms with van der Waals surface area (Å²) >= 11 is 1.48. The molecule has 2 heterocycles. The SMILES string of the molecule is CC(=O)Nc1ccc(-c2cccs2)oc1=O. The van der Waals surface area contributed by atoms with Crippen molar-refractivity contribution in [2.24, 2.45) is 0 Å². The van der Waals surface area contributed by atoms with Crippen LogP contribution in [0.2, 0.25) is 0 Å². The predicted molar refractivity (Wildman–Crippen MR) is 62.6 cm³/mol. The van der Waals surface area contributed by atoms with Crippen molar-refractivity contribution >= 4 is 22.9 Å². The molecule has 0 aliphatic rings. The van der Waals surface area contributed by atoms with Gasteiger partial charge in [0.15, 0.2) is 0 Å². The summed E-state index contributed by atoms with van der Waals surface area (Å²) in [5, 5.41) is 4.30. The van der Waals surface area contributed by atoms with Crippen LogP contribution in [0.4, 0.5) is 5.69 Å². The number of carbonyl (C=O) groups excluding carboxylic acids is 1. The Balaban J connectivity index is 2.37. The predicted octanol–water partition coefficient (Wildman–Crippen LogP) is 2.33.